The lowest BCUT2D eigenvalue weighted by molar-refractivity contribution is 0.589. The second kappa shape index (κ2) is 3.97. The highest BCUT2D eigenvalue weighted by atomic mass is 14.4. The lowest BCUT2D eigenvalue weighted by Gasteiger charge is -2.23. The van der Waals surface area contributed by atoms with Crippen LogP contribution in [-0.2, 0) is 10.8 Å². The molecule has 0 amide bonds. The van der Waals surface area contributed by atoms with Gasteiger partial charge >= 0.3 is 0 Å². The minimum absolute atomic E-state index is 0.120. The number of hydrogen-bond acceptors (Lipinski definition) is 0. The lowest BCUT2D eigenvalue weighted by Crippen LogP contribution is -2.16. The maximum absolute atomic E-state index is 2.41. The van der Waals surface area contributed by atoms with Crippen molar-refractivity contribution in [2.75, 3.05) is 0 Å². The first-order valence-electron chi connectivity index (χ1n) is 7.48. The van der Waals surface area contributed by atoms with Crippen LogP contribution >= 0.6 is 0 Å². The van der Waals surface area contributed by atoms with E-state index in [1.807, 2.05) is 0 Å². The Morgan fingerprint density at radius 1 is 0.800 bits per heavy atom. The molecule has 0 N–H and O–H groups in total. The first-order valence-corrected chi connectivity index (χ1v) is 7.48. The Balaban J connectivity index is 2.30. The fourth-order valence-corrected chi connectivity index (χ4v) is 3.35. The molecule has 0 saturated carbocycles. The molecule has 0 saturated heterocycles. The Hall–Kier alpha value is -1.56. The van der Waals surface area contributed by atoms with Crippen molar-refractivity contribution < 1.29 is 0 Å². The molecule has 0 unspecified atom stereocenters. The third kappa shape index (κ3) is 1.82. The predicted molar refractivity (Wildman–Crippen MR) is 87.4 cm³/mol. The highest BCUT2D eigenvalue weighted by Gasteiger charge is 2.35. The van der Waals surface area contributed by atoms with Crippen LogP contribution in [0.15, 0.2) is 36.4 Å². The third-order valence-electron chi connectivity index (χ3n) is 4.70. The maximum Gasteiger partial charge on any atom is 0.0158 e. The minimum Gasteiger partial charge on any atom is -0.0590 e. The van der Waals surface area contributed by atoms with E-state index < -0.39 is 0 Å². The van der Waals surface area contributed by atoms with Crippen molar-refractivity contribution in [1.29, 1.82) is 0 Å². The fourth-order valence-electron chi connectivity index (χ4n) is 3.35. The van der Waals surface area contributed by atoms with E-state index in [0.717, 1.165) is 0 Å². The summed E-state index contributed by atoms with van der Waals surface area (Å²) in [6.07, 6.45) is 0. The summed E-state index contributed by atoms with van der Waals surface area (Å²) in [5, 5.41) is 0. The van der Waals surface area contributed by atoms with Crippen molar-refractivity contribution in [3.8, 4) is 11.1 Å². The molecule has 0 nitrogen and oxygen atoms in total. The predicted octanol–water partition coefficient (Wildman–Crippen LogP) is 5.60. The van der Waals surface area contributed by atoms with Crippen molar-refractivity contribution in [2.24, 2.45) is 0 Å². The van der Waals surface area contributed by atoms with Crippen molar-refractivity contribution >= 4 is 0 Å². The SMILES string of the molecule is Cc1ccc2c(c1)-c1cc(C(C)(C)C)ccc1C2(C)C. The second-order valence-electron chi connectivity index (χ2n) is 7.68. The zero-order valence-electron chi connectivity index (χ0n) is 13.5. The number of benzene rings is 2. The quantitative estimate of drug-likeness (QED) is 0.581. The molecule has 1 aliphatic rings. The van der Waals surface area contributed by atoms with Crippen LogP contribution < -0.4 is 0 Å². The van der Waals surface area contributed by atoms with E-state index >= 15 is 0 Å². The maximum atomic E-state index is 2.41. The highest BCUT2D eigenvalue weighted by Crippen LogP contribution is 2.49. The van der Waals surface area contributed by atoms with E-state index in [-0.39, 0.29) is 10.8 Å². The summed E-state index contributed by atoms with van der Waals surface area (Å²) in [5.74, 6) is 0. The van der Waals surface area contributed by atoms with Crippen LogP contribution in [0.25, 0.3) is 11.1 Å². The van der Waals surface area contributed by atoms with Crippen LogP contribution in [0.5, 0.6) is 0 Å². The van der Waals surface area contributed by atoms with Gasteiger partial charge in [-0.05, 0) is 40.2 Å². The van der Waals surface area contributed by atoms with Crippen molar-refractivity contribution in [3.63, 3.8) is 0 Å². The Kier molecular flexibility index (Phi) is 2.67. The monoisotopic (exact) mass is 264 g/mol. The topological polar surface area (TPSA) is 0 Å². The molecule has 2 aromatic carbocycles. The van der Waals surface area contributed by atoms with Crippen molar-refractivity contribution in [3.05, 3.63) is 58.7 Å². The van der Waals surface area contributed by atoms with Gasteiger partial charge in [0.2, 0.25) is 0 Å². The Labute approximate surface area is 122 Å². The average molecular weight is 264 g/mol. The highest BCUT2D eigenvalue weighted by molar-refractivity contribution is 5.81. The molecule has 0 heterocycles. The molecule has 0 heteroatoms. The molecule has 0 bridgehead atoms. The van der Waals surface area contributed by atoms with Gasteiger partial charge in [-0.2, -0.15) is 0 Å². The molecular formula is C20H24. The Morgan fingerprint density at radius 3 is 1.95 bits per heavy atom. The number of hydrogen-bond donors (Lipinski definition) is 0. The largest absolute Gasteiger partial charge is 0.0590 e. The zero-order chi connectivity index (χ0) is 14.7. The van der Waals surface area contributed by atoms with Gasteiger partial charge in [0.15, 0.2) is 0 Å². The summed E-state index contributed by atoms with van der Waals surface area (Å²) < 4.78 is 0. The molecule has 0 atom stereocenters. The molecule has 0 radical (unpaired) electrons. The summed E-state index contributed by atoms with van der Waals surface area (Å²) in [6.45, 7) is 13.7. The average Bonchev–Trinajstić information content (AvgIpc) is 2.57. The normalized spacial score (nSPS) is 15.9. The molecule has 0 aliphatic heterocycles. The van der Waals surface area contributed by atoms with E-state index in [1.165, 1.54) is 33.4 Å². The minimum atomic E-state index is 0.120. The molecule has 0 aromatic heterocycles. The van der Waals surface area contributed by atoms with E-state index in [9.17, 15) is 0 Å². The van der Waals surface area contributed by atoms with Crippen LogP contribution in [-0.4, -0.2) is 0 Å². The summed E-state index contributed by atoms with van der Waals surface area (Å²) in [7, 11) is 0. The van der Waals surface area contributed by atoms with E-state index in [2.05, 4.69) is 77.9 Å². The molecule has 104 valence electrons. The van der Waals surface area contributed by atoms with Gasteiger partial charge in [-0.25, -0.2) is 0 Å². The smallest absolute Gasteiger partial charge is 0.0158 e. The van der Waals surface area contributed by atoms with Crippen LogP contribution in [0, 0.1) is 6.92 Å². The summed E-state index contributed by atoms with van der Waals surface area (Å²) in [6, 6.07) is 13.9. The van der Waals surface area contributed by atoms with Gasteiger partial charge in [0, 0.05) is 5.41 Å². The zero-order valence-corrected chi connectivity index (χ0v) is 13.5. The standard InChI is InChI=1S/C20H24/c1-13-7-9-17-15(11-13)16-12-14(19(2,3)4)8-10-18(16)20(17,5)6/h7-12H,1-6H3. The molecular weight excluding hydrogens is 240 g/mol. The fraction of sp³-hybridized carbons (Fsp3) is 0.400. The van der Waals surface area contributed by atoms with E-state index in [0.29, 0.717) is 0 Å². The van der Waals surface area contributed by atoms with Gasteiger partial charge in [-0.3, -0.25) is 0 Å². The number of aryl methyl sites for hydroxylation is 1. The van der Waals surface area contributed by atoms with Crippen LogP contribution in [0.3, 0.4) is 0 Å². The second-order valence-corrected chi connectivity index (χ2v) is 7.68. The number of rotatable bonds is 0. The summed E-state index contributed by atoms with van der Waals surface area (Å²) in [5.41, 5.74) is 8.86. The Bertz CT molecular complexity index is 682. The molecule has 0 fully saturated rings. The van der Waals surface area contributed by atoms with Crippen LogP contribution in [0.2, 0.25) is 0 Å². The van der Waals surface area contributed by atoms with Gasteiger partial charge in [0.1, 0.15) is 0 Å². The van der Waals surface area contributed by atoms with Crippen LogP contribution in [0.1, 0.15) is 56.9 Å². The molecule has 20 heavy (non-hydrogen) atoms. The summed E-state index contributed by atoms with van der Waals surface area (Å²) in [4.78, 5) is 0. The number of fused-ring (bicyclic) bond motifs is 3. The first kappa shape index (κ1) is 13.4. The van der Waals surface area contributed by atoms with E-state index in [4.69, 9.17) is 0 Å². The first-order chi connectivity index (χ1) is 9.21. The van der Waals surface area contributed by atoms with Gasteiger partial charge in [0.05, 0.1) is 0 Å². The van der Waals surface area contributed by atoms with Crippen molar-refractivity contribution in [2.45, 2.75) is 52.4 Å². The van der Waals surface area contributed by atoms with Gasteiger partial charge < -0.3 is 0 Å². The molecule has 3 rings (SSSR count). The third-order valence-corrected chi connectivity index (χ3v) is 4.70. The molecule has 0 spiro atoms. The van der Waals surface area contributed by atoms with Gasteiger partial charge in [-0.15, -0.1) is 0 Å². The molecule has 2 aromatic rings. The van der Waals surface area contributed by atoms with Gasteiger partial charge in [0.25, 0.3) is 0 Å². The Morgan fingerprint density at radius 2 is 1.35 bits per heavy atom. The van der Waals surface area contributed by atoms with E-state index in [1.54, 1.807) is 0 Å². The summed E-state index contributed by atoms with van der Waals surface area (Å²) >= 11 is 0. The van der Waals surface area contributed by atoms with Gasteiger partial charge in [-0.1, -0.05) is 76.6 Å². The van der Waals surface area contributed by atoms with Crippen LogP contribution in [0.4, 0.5) is 0 Å². The molecule has 1 aliphatic carbocycles. The van der Waals surface area contributed by atoms with Crippen molar-refractivity contribution in [1.82, 2.24) is 0 Å². The lowest BCUT2D eigenvalue weighted by atomic mass is 9.80.